The molecule has 88 valence electrons. The Morgan fingerprint density at radius 1 is 1.20 bits per heavy atom. The highest BCUT2D eigenvalue weighted by Crippen LogP contribution is 1.94. The first-order chi connectivity index (χ1) is 7.20. The Bertz CT molecular complexity index is 194. The normalized spacial score (nSPS) is 9.73. The van der Waals surface area contributed by atoms with Crippen molar-refractivity contribution in [2.45, 2.75) is 32.1 Å². The van der Waals surface area contributed by atoms with Crippen molar-refractivity contribution < 1.29 is 19.4 Å². The Balaban J connectivity index is 3.30. The molecule has 5 heteroatoms. The molecule has 0 radical (unpaired) electrons. The number of carbonyl (C=O) groups is 2. The lowest BCUT2D eigenvalue weighted by molar-refractivity contribution is -0.142. The summed E-state index contributed by atoms with van der Waals surface area (Å²) in [4.78, 5) is 21.8. The van der Waals surface area contributed by atoms with Gasteiger partial charge in [0, 0.05) is 19.6 Å². The minimum Gasteiger partial charge on any atom is -0.469 e. The van der Waals surface area contributed by atoms with Crippen molar-refractivity contribution in [3.05, 3.63) is 0 Å². The van der Waals surface area contributed by atoms with E-state index >= 15 is 0 Å². The second kappa shape index (κ2) is 9.45. The summed E-state index contributed by atoms with van der Waals surface area (Å²) in [5.74, 6) is -0.505. The van der Waals surface area contributed by atoms with Crippen LogP contribution in [0, 0.1) is 0 Å². The third kappa shape index (κ3) is 9.21. The molecule has 0 spiro atoms. The van der Waals surface area contributed by atoms with Gasteiger partial charge in [-0.05, 0) is 19.3 Å². The first kappa shape index (κ1) is 13.9. The number of aliphatic hydroxyl groups is 1. The predicted molar refractivity (Wildman–Crippen MR) is 55.2 cm³/mol. The maximum Gasteiger partial charge on any atom is 0.306 e. The molecule has 15 heavy (non-hydrogen) atoms. The van der Waals surface area contributed by atoms with E-state index in [1.807, 2.05) is 0 Å². The van der Waals surface area contributed by atoms with Crippen LogP contribution < -0.4 is 5.32 Å². The van der Waals surface area contributed by atoms with Gasteiger partial charge in [-0.2, -0.15) is 0 Å². The lowest BCUT2D eigenvalue weighted by atomic mass is 10.2. The summed E-state index contributed by atoms with van der Waals surface area (Å²) in [5, 5.41) is 11.2. The fourth-order valence-corrected chi connectivity index (χ4v) is 1.05. The molecule has 0 saturated heterocycles. The number of unbranched alkanes of at least 4 members (excludes halogenated alkanes) is 2. The molecule has 1 amide bonds. The monoisotopic (exact) mass is 217 g/mol. The number of aliphatic hydroxyl groups excluding tert-OH is 1. The van der Waals surface area contributed by atoms with Crippen LogP contribution in [0.15, 0.2) is 0 Å². The molecule has 0 unspecified atom stereocenters. The Morgan fingerprint density at radius 2 is 1.93 bits per heavy atom. The van der Waals surface area contributed by atoms with E-state index in [0.29, 0.717) is 6.54 Å². The topological polar surface area (TPSA) is 75.6 Å². The maximum absolute atomic E-state index is 11.1. The van der Waals surface area contributed by atoms with E-state index in [4.69, 9.17) is 5.11 Å². The Kier molecular flexibility index (Phi) is 8.76. The van der Waals surface area contributed by atoms with Gasteiger partial charge in [0.25, 0.3) is 0 Å². The molecule has 0 rings (SSSR count). The van der Waals surface area contributed by atoms with E-state index in [2.05, 4.69) is 10.1 Å². The van der Waals surface area contributed by atoms with Crippen LogP contribution in [0.5, 0.6) is 0 Å². The zero-order chi connectivity index (χ0) is 11.5. The summed E-state index contributed by atoms with van der Waals surface area (Å²) in [6.07, 6.45) is 2.81. The fraction of sp³-hybridized carbons (Fsp3) is 0.800. The van der Waals surface area contributed by atoms with E-state index in [-0.39, 0.29) is 31.3 Å². The van der Waals surface area contributed by atoms with Crippen LogP contribution in [0.4, 0.5) is 0 Å². The van der Waals surface area contributed by atoms with Gasteiger partial charge in [0.1, 0.15) is 0 Å². The number of carbonyl (C=O) groups excluding carboxylic acids is 2. The average Bonchev–Trinajstić information content (AvgIpc) is 2.25. The SMILES string of the molecule is COC(=O)CCC(=O)NCCCCCO. The third-order valence-corrected chi connectivity index (χ3v) is 1.94. The molecule has 0 atom stereocenters. The summed E-state index contributed by atoms with van der Waals surface area (Å²) < 4.78 is 4.41. The zero-order valence-corrected chi connectivity index (χ0v) is 9.12. The Labute approximate surface area is 89.8 Å². The molecule has 0 aromatic rings. The van der Waals surface area contributed by atoms with Gasteiger partial charge in [-0.25, -0.2) is 0 Å². The van der Waals surface area contributed by atoms with Crippen LogP contribution in [0.1, 0.15) is 32.1 Å². The van der Waals surface area contributed by atoms with Crippen molar-refractivity contribution >= 4 is 11.9 Å². The van der Waals surface area contributed by atoms with Crippen molar-refractivity contribution in [1.82, 2.24) is 5.32 Å². The number of nitrogens with one attached hydrogen (secondary N) is 1. The van der Waals surface area contributed by atoms with Gasteiger partial charge in [-0.15, -0.1) is 0 Å². The quantitative estimate of drug-likeness (QED) is 0.450. The second-order valence-electron chi connectivity index (χ2n) is 3.21. The standard InChI is InChI=1S/C10H19NO4/c1-15-10(14)6-5-9(13)11-7-3-2-4-8-12/h12H,2-8H2,1H3,(H,11,13). The summed E-state index contributed by atoms with van der Waals surface area (Å²) in [5.41, 5.74) is 0. The molecule has 0 saturated carbocycles. The highest BCUT2D eigenvalue weighted by Gasteiger charge is 2.05. The molecule has 2 N–H and O–H groups in total. The molecular formula is C10H19NO4. The maximum atomic E-state index is 11.1. The zero-order valence-electron chi connectivity index (χ0n) is 9.12. The van der Waals surface area contributed by atoms with E-state index in [1.54, 1.807) is 0 Å². The van der Waals surface area contributed by atoms with Gasteiger partial charge >= 0.3 is 5.97 Å². The number of amides is 1. The van der Waals surface area contributed by atoms with Crippen LogP contribution in [-0.4, -0.2) is 37.2 Å². The summed E-state index contributed by atoms with van der Waals surface area (Å²) in [7, 11) is 1.30. The van der Waals surface area contributed by atoms with Gasteiger partial charge in [0.2, 0.25) is 5.91 Å². The number of hydrogen-bond donors (Lipinski definition) is 2. The number of hydrogen-bond acceptors (Lipinski definition) is 4. The van der Waals surface area contributed by atoms with Gasteiger partial charge in [-0.3, -0.25) is 9.59 Å². The summed E-state index contributed by atoms with van der Waals surface area (Å²) in [6, 6.07) is 0. The van der Waals surface area contributed by atoms with Crippen molar-refractivity contribution in [1.29, 1.82) is 0 Å². The molecular weight excluding hydrogens is 198 g/mol. The van der Waals surface area contributed by atoms with Gasteiger partial charge in [0.05, 0.1) is 13.5 Å². The highest BCUT2D eigenvalue weighted by molar-refractivity contribution is 5.81. The molecule has 0 fully saturated rings. The lowest BCUT2D eigenvalue weighted by Gasteiger charge is -2.03. The molecule has 0 aromatic heterocycles. The van der Waals surface area contributed by atoms with Crippen molar-refractivity contribution in [2.75, 3.05) is 20.3 Å². The number of methoxy groups -OCH3 is 1. The van der Waals surface area contributed by atoms with E-state index in [9.17, 15) is 9.59 Å². The first-order valence-corrected chi connectivity index (χ1v) is 5.15. The number of ether oxygens (including phenoxy) is 1. The van der Waals surface area contributed by atoms with Crippen molar-refractivity contribution in [3.8, 4) is 0 Å². The molecule has 0 aliphatic rings. The van der Waals surface area contributed by atoms with E-state index < -0.39 is 0 Å². The minimum absolute atomic E-state index is 0.124. The smallest absolute Gasteiger partial charge is 0.306 e. The predicted octanol–water partition coefficient (Wildman–Crippen LogP) is 0.218. The van der Waals surface area contributed by atoms with Gasteiger partial charge in [0.15, 0.2) is 0 Å². The van der Waals surface area contributed by atoms with Crippen molar-refractivity contribution in [2.24, 2.45) is 0 Å². The minimum atomic E-state index is -0.370. The van der Waals surface area contributed by atoms with Crippen molar-refractivity contribution in [3.63, 3.8) is 0 Å². The molecule has 0 aliphatic heterocycles. The van der Waals surface area contributed by atoms with Gasteiger partial charge in [-0.1, -0.05) is 0 Å². The third-order valence-electron chi connectivity index (χ3n) is 1.94. The second-order valence-corrected chi connectivity index (χ2v) is 3.21. The van der Waals surface area contributed by atoms with E-state index in [0.717, 1.165) is 19.3 Å². The van der Waals surface area contributed by atoms with Crippen LogP contribution in [-0.2, 0) is 14.3 Å². The molecule has 0 bridgehead atoms. The van der Waals surface area contributed by atoms with Crippen LogP contribution in [0.3, 0.4) is 0 Å². The fourth-order valence-electron chi connectivity index (χ4n) is 1.05. The molecule has 0 aliphatic carbocycles. The molecule has 0 heterocycles. The van der Waals surface area contributed by atoms with Crippen LogP contribution in [0.2, 0.25) is 0 Å². The number of rotatable bonds is 8. The molecule has 0 aromatic carbocycles. The molecule has 5 nitrogen and oxygen atoms in total. The van der Waals surface area contributed by atoms with Crippen LogP contribution >= 0.6 is 0 Å². The first-order valence-electron chi connectivity index (χ1n) is 5.15. The van der Waals surface area contributed by atoms with E-state index in [1.165, 1.54) is 7.11 Å². The largest absolute Gasteiger partial charge is 0.469 e. The summed E-state index contributed by atoms with van der Waals surface area (Å²) >= 11 is 0. The summed E-state index contributed by atoms with van der Waals surface area (Å²) in [6.45, 7) is 0.788. The van der Waals surface area contributed by atoms with Gasteiger partial charge < -0.3 is 15.2 Å². The average molecular weight is 217 g/mol. The number of esters is 1. The Hall–Kier alpha value is -1.10. The lowest BCUT2D eigenvalue weighted by Crippen LogP contribution is -2.25. The van der Waals surface area contributed by atoms with Crippen LogP contribution in [0.25, 0.3) is 0 Å². The Morgan fingerprint density at radius 3 is 2.53 bits per heavy atom. The highest BCUT2D eigenvalue weighted by atomic mass is 16.5.